The summed E-state index contributed by atoms with van der Waals surface area (Å²) >= 11 is 0. The third-order valence-corrected chi connectivity index (χ3v) is 2.13. The molecule has 0 fully saturated rings. The lowest BCUT2D eigenvalue weighted by atomic mass is 10.2. The Hall–Kier alpha value is -2.29. The molecule has 1 aromatic carbocycles. The van der Waals surface area contributed by atoms with E-state index in [0.29, 0.717) is 5.70 Å². The zero-order valence-corrected chi connectivity index (χ0v) is 8.64. The lowest BCUT2D eigenvalue weighted by Gasteiger charge is -2.06. The number of furan rings is 1. The van der Waals surface area contributed by atoms with E-state index in [9.17, 15) is 4.79 Å². The number of nitrogens with one attached hydrogen (secondary N) is 1. The fraction of sp³-hybridized carbons (Fsp3) is 0. The molecule has 0 aliphatic carbocycles. The van der Waals surface area contributed by atoms with Crippen LogP contribution in [0.15, 0.2) is 59.7 Å². The van der Waals surface area contributed by atoms with Crippen LogP contribution < -0.4 is 5.32 Å². The van der Waals surface area contributed by atoms with Gasteiger partial charge in [-0.05, 0) is 17.7 Å². The van der Waals surface area contributed by atoms with Crippen molar-refractivity contribution in [1.82, 2.24) is 5.32 Å². The SMILES string of the molecule is C=C(NC(=O)c1ccco1)c1ccccc1. The molecule has 0 spiro atoms. The number of amides is 1. The first-order valence-corrected chi connectivity index (χ1v) is 4.86. The second-order valence-corrected chi connectivity index (χ2v) is 3.28. The summed E-state index contributed by atoms with van der Waals surface area (Å²) in [4.78, 5) is 11.6. The summed E-state index contributed by atoms with van der Waals surface area (Å²) in [6.07, 6.45) is 1.46. The Balaban J connectivity index is 2.06. The van der Waals surface area contributed by atoms with Crippen molar-refractivity contribution in [1.29, 1.82) is 0 Å². The van der Waals surface area contributed by atoms with Crippen molar-refractivity contribution < 1.29 is 9.21 Å². The Morgan fingerprint density at radius 3 is 2.50 bits per heavy atom. The highest BCUT2D eigenvalue weighted by Crippen LogP contribution is 2.09. The van der Waals surface area contributed by atoms with Crippen molar-refractivity contribution in [3.63, 3.8) is 0 Å². The van der Waals surface area contributed by atoms with Crippen LogP contribution in [0.1, 0.15) is 16.1 Å². The molecule has 16 heavy (non-hydrogen) atoms. The zero-order valence-electron chi connectivity index (χ0n) is 8.64. The van der Waals surface area contributed by atoms with Crippen molar-refractivity contribution in [3.8, 4) is 0 Å². The topological polar surface area (TPSA) is 42.2 Å². The highest BCUT2D eigenvalue weighted by molar-refractivity contribution is 5.97. The quantitative estimate of drug-likeness (QED) is 0.851. The van der Waals surface area contributed by atoms with E-state index in [2.05, 4.69) is 11.9 Å². The van der Waals surface area contributed by atoms with Gasteiger partial charge in [0.15, 0.2) is 5.76 Å². The molecule has 2 aromatic rings. The molecule has 0 bridgehead atoms. The van der Waals surface area contributed by atoms with E-state index < -0.39 is 0 Å². The summed E-state index contributed by atoms with van der Waals surface area (Å²) in [5.74, 6) is -0.0177. The standard InChI is InChI=1S/C13H11NO2/c1-10(11-6-3-2-4-7-11)14-13(15)12-8-5-9-16-12/h2-9H,1H2,(H,14,15). The van der Waals surface area contributed by atoms with Crippen LogP contribution >= 0.6 is 0 Å². The Morgan fingerprint density at radius 1 is 1.12 bits per heavy atom. The summed E-state index contributed by atoms with van der Waals surface area (Å²) in [6, 6.07) is 12.7. The summed E-state index contributed by atoms with van der Waals surface area (Å²) in [7, 11) is 0. The van der Waals surface area contributed by atoms with Gasteiger partial charge in [0, 0.05) is 5.70 Å². The number of rotatable bonds is 3. The van der Waals surface area contributed by atoms with Gasteiger partial charge in [0.05, 0.1) is 6.26 Å². The molecule has 1 amide bonds. The van der Waals surface area contributed by atoms with E-state index in [1.165, 1.54) is 6.26 Å². The normalized spacial score (nSPS) is 9.75. The van der Waals surface area contributed by atoms with Gasteiger partial charge in [-0.2, -0.15) is 0 Å². The fourth-order valence-electron chi connectivity index (χ4n) is 1.32. The molecule has 80 valence electrons. The number of hydrogen-bond acceptors (Lipinski definition) is 2. The molecule has 1 aromatic heterocycles. The van der Waals surface area contributed by atoms with E-state index >= 15 is 0 Å². The molecule has 0 aliphatic heterocycles. The molecule has 0 saturated carbocycles. The largest absolute Gasteiger partial charge is 0.459 e. The van der Waals surface area contributed by atoms with Crippen LogP contribution in [0.4, 0.5) is 0 Å². The van der Waals surface area contributed by atoms with Gasteiger partial charge in [-0.1, -0.05) is 36.9 Å². The Labute approximate surface area is 93.4 Å². The van der Waals surface area contributed by atoms with Crippen molar-refractivity contribution in [3.05, 3.63) is 66.6 Å². The molecule has 0 atom stereocenters. The maximum absolute atomic E-state index is 11.6. The van der Waals surface area contributed by atoms with Gasteiger partial charge in [0.1, 0.15) is 0 Å². The fourth-order valence-corrected chi connectivity index (χ4v) is 1.32. The summed E-state index contributed by atoms with van der Waals surface area (Å²) in [5, 5.41) is 2.67. The van der Waals surface area contributed by atoms with Crippen LogP contribution in [0.25, 0.3) is 5.70 Å². The molecule has 2 rings (SSSR count). The smallest absolute Gasteiger partial charge is 0.291 e. The van der Waals surface area contributed by atoms with Gasteiger partial charge in [-0.15, -0.1) is 0 Å². The van der Waals surface area contributed by atoms with Crippen LogP contribution in [-0.2, 0) is 0 Å². The average Bonchev–Trinajstić information content (AvgIpc) is 2.83. The first-order chi connectivity index (χ1) is 7.77. The van der Waals surface area contributed by atoms with Crippen LogP contribution in [0.2, 0.25) is 0 Å². The molecule has 3 heteroatoms. The van der Waals surface area contributed by atoms with E-state index in [1.807, 2.05) is 30.3 Å². The van der Waals surface area contributed by atoms with Crippen molar-refractivity contribution in [2.24, 2.45) is 0 Å². The van der Waals surface area contributed by atoms with E-state index in [0.717, 1.165) is 5.56 Å². The molecule has 0 saturated heterocycles. The molecule has 3 nitrogen and oxygen atoms in total. The van der Waals surface area contributed by atoms with E-state index in [4.69, 9.17) is 4.42 Å². The minimum atomic E-state index is -0.293. The van der Waals surface area contributed by atoms with Gasteiger partial charge in [0.25, 0.3) is 5.91 Å². The van der Waals surface area contributed by atoms with Crippen molar-refractivity contribution >= 4 is 11.6 Å². The number of carbonyl (C=O) groups excluding carboxylic acids is 1. The second-order valence-electron chi connectivity index (χ2n) is 3.28. The monoisotopic (exact) mass is 213 g/mol. The van der Waals surface area contributed by atoms with Crippen LogP contribution in [0, 0.1) is 0 Å². The summed E-state index contributed by atoms with van der Waals surface area (Å²) < 4.78 is 4.98. The predicted octanol–water partition coefficient (Wildman–Crippen LogP) is 2.68. The predicted molar refractivity (Wildman–Crippen MR) is 61.7 cm³/mol. The maximum atomic E-state index is 11.6. The first kappa shape index (κ1) is 10.2. The van der Waals surface area contributed by atoms with Crippen LogP contribution in [-0.4, -0.2) is 5.91 Å². The summed E-state index contributed by atoms with van der Waals surface area (Å²) in [5.41, 5.74) is 1.43. The minimum Gasteiger partial charge on any atom is -0.459 e. The Kier molecular flexibility index (Phi) is 2.87. The van der Waals surface area contributed by atoms with E-state index in [1.54, 1.807) is 12.1 Å². The number of benzene rings is 1. The third-order valence-electron chi connectivity index (χ3n) is 2.13. The second kappa shape index (κ2) is 4.49. The molecular formula is C13H11NO2. The average molecular weight is 213 g/mol. The third kappa shape index (κ3) is 2.20. The lowest BCUT2D eigenvalue weighted by molar-refractivity contribution is 0.0946. The highest BCUT2D eigenvalue weighted by Gasteiger charge is 2.09. The maximum Gasteiger partial charge on any atom is 0.291 e. The van der Waals surface area contributed by atoms with Crippen LogP contribution in [0.3, 0.4) is 0 Å². The molecule has 0 radical (unpaired) electrons. The van der Waals surface area contributed by atoms with Crippen LogP contribution in [0.5, 0.6) is 0 Å². The molecular weight excluding hydrogens is 202 g/mol. The van der Waals surface area contributed by atoms with Crippen molar-refractivity contribution in [2.75, 3.05) is 0 Å². The van der Waals surface area contributed by atoms with Crippen molar-refractivity contribution in [2.45, 2.75) is 0 Å². The molecule has 1 heterocycles. The van der Waals surface area contributed by atoms with Gasteiger partial charge in [-0.3, -0.25) is 4.79 Å². The van der Waals surface area contributed by atoms with Gasteiger partial charge in [-0.25, -0.2) is 0 Å². The van der Waals surface area contributed by atoms with E-state index in [-0.39, 0.29) is 11.7 Å². The first-order valence-electron chi connectivity index (χ1n) is 4.86. The van der Waals surface area contributed by atoms with Gasteiger partial charge in [0.2, 0.25) is 0 Å². The zero-order chi connectivity index (χ0) is 11.4. The summed E-state index contributed by atoms with van der Waals surface area (Å²) in [6.45, 7) is 3.80. The lowest BCUT2D eigenvalue weighted by Crippen LogP contribution is -2.20. The Bertz CT molecular complexity index is 486. The molecule has 0 aliphatic rings. The van der Waals surface area contributed by atoms with Gasteiger partial charge >= 0.3 is 0 Å². The molecule has 1 N–H and O–H groups in total. The highest BCUT2D eigenvalue weighted by atomic mass is 16.3. The number of hydrogen-bond donors (Lipinski definition) is 1. The Morgan fingerprint density at radius 2 is 1.88 bits per heavy atom. The minimum absolute atomic E-state index is 0.275. The molecule has 0 unspecified atom stereocenters. The van der Waals surface area contributed by atoms with Gasteiger partial charge < -0.3 is 9.73 Å². The number of carbonyl (C=O) groups is 1.